The van der Waals surface area contributed by atoms with Crippen molar-refractivity contribution < 1.29 is 62.6 Å². The molecule has 3 aromatic carbocycles. The lowest BCUT2D eigenvalue weighted by atomic mass is 9.93. The first kappa shape index (κ1) is 32.7. The highest BCUT2D eigenvalue weighted by Crippen LogP contribution is 2.54. The molecule has 5 nitrogen and oxygen atoms in total. The maximum absolute atomic E-state index is 15.3. The Morgan fingerprint density at radius 1 is 0.976 bits per heavy atom. The third-order valence-electron chi connectivity index (χ3n) is 5.51. The van der Waals surface area contributed by atoms with E-state index in [9.17, 15) is 53.5 Å². The van der Waals surface area contributed by atoms with Gasteiger partial charge in [-0.3, -0.25) is 9.59 Å². The first-order chi connectivity index (χ1) is 19.3. The van der Waals surface area contributed by atoms with Crippen LogP contribution in [0, 0.1) is 27.3 Å². The minimum atomic E-state index is -6.59. The van der Waals surface area contributed by atoms with E-state index < -0.39 is 79.9 Å². The third-order valence-corrected chi connectivity index (χ3v) is 6.37. The molecular formula is C25H12F11IN2O3. The fourth-order valence-electron chi connectivity index (χ4n) is 3.47. The molecule has 0 bridgehead atoms. The predicted octanol–water partition coefficient (Wildman–Crippen LogP) is 7.59. The van der Waals surface area contributed by atoms with Gasteiger partial charge in [0, 0.05) is 27.8 Å². The Kier molecular flexibility index (Phi) is 9.20. The SMILES string of the molecule is CN(C(=O)c1ccc(F)cc1)c1c#ccc(C(=O)Nc2c(I)cc(C(F)(C(F)(F)F)C(F)(F)F)cc2OC(F)F)c1F. The topological polar surface area (TPSA) is 58.6 Å². The molecule has 0 atom stereocenters. The molecule has 0 fully saturated rings. The highest BCUT2D eigenvalue weighted by atomic mass is 127. The van der Waals surface area contributed by atoms with Crippen LogP contribution in [0.15, 0.2) is 42.5 Å². The van der Waals surface area contributed by atoms with Crippen molar-refractivity contribution in [2.24, 2.45) is 0 Å². The molecule has 2 amide bonds. The van der Waals surface area contributed by atoms with Gasteiger partial charge in [-0.15, -0.1) is 0 Å². The van der Waals surface area contributed by atoms with Crippen LogP contribution >= 0.6 is 22.6 Å². The van der Waals surface area contributed by atoms with Gasteiger partial charge < -0.3 is 15.0 Å². The smallest absolute Gasteiger partial charge is 0.433 e. The monoisotopic (exact) mass is 724 g/mol. The van der Waals surface area contributed by atoms with E-state index in [4.69, 9.17) is 0 Å². The predicted molar refractivity (Wildman–Crippen MR) is 132 cm³/mol. The van der Waals surface area contributed by atoms with Gasteiger partial charge in [-0.1, -0.05) is 6.07 Å². The normalized spacial score (nSPS) is 12.1. The van der Waals surface area contributed by atoms with Crippen molar-refractivity contribution in [2.45, 2.75) is 24.6 Å². The summed E-state index contributed by atoms with van der Waals surface area (Å²) in [5.74, 6) is -6.02. The molecule has 0 spiro atoms. The second kappa shape index (κ2) is 11.8. The number of carbonyl (C=O) groups excluding carboxylic acids is 2. The van der Waals surface area contributed by atoms with E-state index in [2.05, 4.69) is 16.9 Å². The number of amides is 2. The van der Waals surface area contributed by atoms with Gasteiger partial charge in [0.2, 0.25) is 0 Å². The van der Waals surface area contributed by atoms with Crippen LogP contribution in [-0.4, -0.2) is 37.8 Å². The number of nitrogens with zero attached hydrogens (tertiary/aromatic N) is 1. The summed E-state index contributed by atoms with van der Waals surface area (Å²) in [5, 5.41) is 1.82. The fraction of sp³-hybridized carbons (Fsp3) is 0.200. The second-order valence-corrected chi connectivity index (χ2v) is 9.34. The Morgan fingerprint density at radius 2 is 1.55 bits per heavy atom. The van der Waals surface area contributed by atoms with E-state index in [-0.39, 0.29) is 17.7 Å². The van der Waals surface area contributed by atoms with Gasteiger partial charge in [0.1, 0.15) is 11.5 Å². The minimum Gasteiger partial charge on any atom is -0.433 e. The number of benzene rings is 2. The molecule has 42 heavy (non-hydrogen) atoms. The summed E-state index contributed by atoms with van der Waals surface area (Å²) in [7, 11) is 1.05. The van der Waals surface area contributed by atoms with Gasteiger partial charge in [0.25, 0.3) is 11.8 Å². The van der Waals surface area contributed by atoms with E-state index in [0.29, 0.717) is 11.0 Å². The first-order valence-electron chi connectivity index (χ1n) is 10.9. The number of hydrogen-bond donors (Lipinski definition) is 1. The third kappa shape index (κ3) is 6.32. The number of nitrogens with one attached hydrogen (secondary N) is 1. The molecule has 224 valence electrons. The average Bonchev–Trinajstić information content (AvgIpc) is 2.88. The minimum absolute atomic E-state index is 0.0166. The lowest BCUT2D eigenvalue weighted by Gasteiger charge is -2.31. The maximum Gasteiger partial charge on any atom is 0.435 e. The van der Waals surface area contributed by atoms with Crippen molar-refractivity contribution in [1.29, 1.82) is 0 Å². The molecular weight excluding hydrogens is 712 g/mol. The molecule has 0 aliphatic rings. The standard InChI is InChI=1S/C25H12F11IN2O3/c1-39(21(41)11-5-7-13(26)8-6-11)16-4-2-3-14(18(16)27)20(40)38-19-15(37)9-12(10-17(19)42-22(28)29)23(30,24(31,32)33)25(34,35)36/h3,5-10,22H,1H3,(H,38,40). The van der Waals surface area contributed by atoms with Crippen molar-refractivity contribution in [2.75, 3.05) is 17.3 Å². The van der Waals surface area contributed by atoms with Crippen LogP contribution in [0.25, 0.3) is 0 Å². The molecule has 0 saturated heterocycles. The summed E-state index contributed by atoms with van der Waals surface area (Å²) >= 11 is 1.02. The quantitative estimate of drug-likeness (QED) is 0.202. The molecule has 0 aliphatic heterocycles. The maximum atomic E-state index is 15.3. The van der Waals surface area contributed by atoms with Crippen molar-refractivity contribution in [3.8, 4) is 5.75 Å². The number of halogens is 12. The zero-order chi connectivity index (χ0) is 31.8. The van der Waals surface area contributed by atoms with Gasteiger partial charge in [-0.25, -0.2) is 13.2 Å². The number of carbonyl (C=O) groups is 2. The molecule has 0 heterocycles. The lowest BCUT2D eigenvalue weighted by molar-refractivity contribution is -0.348. The Bertz CT molecular complexity index is 1480. The summed E-state index contributed by atoms with van der Waals surface area (Å²) in [6.07, 6.45) is -13.2. The summed E-state index contributed by atoms with van der Waals surface area (Å²) in [5.41, 5.74) is -10.9. The summed E-state index contributed by atoms with van der Waals surface area (Å²) in [6, 6.07) is 8.83. The van der Waals surface area contributed by atoms with Crippen LogP contribution in [0.2, 0.25) is 0 Å². The van der Waals surface area contributed by atoms with Gasteiger partial charge in [-0.2, -0.15) is 35.1 Å². The molecule has 1 N–H and O–H groups in total. The van der Waals surface area contributed by atoms with Crippen LogP contribution in [0.1, 0.15) is 26.3 Å². The number of anilines is 2. The van der Waals surface area contributed by atoms with E-state index in [0.717, 1.165) is 53.9 Å². The van der Waals surface area contributed by atoms with E-state index >= 15 is 4.39 Å². The van der Waals surface area contributed by atoms with Crippen LogP contribution in [0.5, 0.6) is 5.75 Å². The molecule has 17 heteroatoms. The van der Waals surface area contributed by atoms with Crippen LogP contribution in [-0.2, 0) is 5.67 Å². The number of ether oxygens (including phenoxy) is 1. The van der Waals surface area contributed by atoms with Crippen molar-refractivity contribution in [3.05, 3.63) is 86.5 Å². The van der Waals surface area contributed by atoms with E-state index in [1.165, 1.54) is 0 Å². The number of hydrogen-bond acceptors (Lipinski definition) is 3. The zero-order valence-corrected chi connectivity index (χ0v) is 22.5. The molecule has 0 unspecified atom stereocenters. The zero-order valence-electron chi connectivity index (χ0n) is 20.3. The van der Waals surface area contributed by atoms with Crippen molar-refractivity contribution >= 4 is 45.8 Å². The molecule has 0 aliphatic carbocycles. The van der Waals surface area contributed by atoms with Crippen molar-refractivity contribution in [1.82, 2.24) is 0 Å². The number of rotatable bonds is 7. The van der Waals surface area contributed by atoms with Crippen LogP contribution in [0.3, 0.4) is 0 Å². The van der Waals surface area contributed by atoms with Gasteiger partial charge in [0.05, 0.1) is 11.3 Å². The Hall–Kier alpha value is -3.82. The van der Waals surface area contributed by atoms with Gasteiger partial charge in [-0.05, 0) is 65.1 Å². The molecule has 0 aromatic heterocycles. The van der Waals surface area contributed by atoms with E-state index in [1.807, 2.05) is 5.32 Å². The Labute approximate surface area is 242 Å². The molecule has 3 rings (SSSR count). The largest absolute Gasteiger partial charge is 0.435 e. The fourth-order valence-corrected chi connectivity index (χ4v) is 4.20. The highest BCUT2D eigenvalue weighted by Gasteiger charge is 2.73. The van der Waals surface area contributed by atoms with E-state index in [1.54, 1.807) is 0 Å². The Balaban J connectivity index is 2.04. The van der Waals surface area contributed by atoms with Gasteiger partial charge >= 0.3 is 24.6 Å². The second-order valence-electron chi connectivity index (χ2n) is 8.18. The molecule has 0 radical (unpaired) electrons. The van der Waals surface area contributed by atoms with Crippen molar-refractivity contribution in [3.63, 3.8) is 0 Å². The molecule has 3 aromatic rings. The molecule has 0 saturated carbocycles. The summed E-state index contributed by atoms with van der Waals surface area (Å²) in [4.78, 5) is 26.2. The first-order valence-corrected chi connectivity index (χ1v) is 12.0. The van der Waals surface area contributed by atoms with Crippen LogP contribution in [0.4, 0.5) is 59.7 Å². The van der Waals surface area contributed by atoms with Gasteiger partial charge in [0.15, 0.2) is 11.6 Å². The average molecular weight is 724 g/mol. The summed E-state index contributed by atoms with van der Waals surface area (Å²) in [6.45, 7) is -3.87. The number of alkyl halides is 9. The lowest BCUT2D eigenvalue weighted by Crippen LogP contribution is -2.50. The van der Waals surface area contributed by atoms with Crippen LogP contribution < -0.4 is 15.0 Å². The highest BCUT2D eigenvalue weighted by molar-refractivity contribution is 14.1. The summed E-state index contributed by atoms with van der Waals surface area (Å²) < 4.78 is 152. The Morgan fingerprint density at radius 3 is 2.07 bits per heavy atom.